The third kappa shape index (κ3) is 4.66. The van der Waals surface area contributed by atoms with Gasteiger partial charge in [0.2, 0.25) is 0 Å². The lowest BCUT2D eigenvalue weighted by atomic mass is 9.90. The molecule has 44 heavy (non-hydrogen) atoms. The Morgan fingerprint density at radius 3 is 1.95 bits per heavy atom. The van der Waals surface area contributed by atoms with E-state index in [9.17, 15) is 13.2 Å². The van der Waals surface area contributed by atoms with E-state index in [1.165, 1.54) is 3.97 Å². The van der Waals surface area contributed by atoms with Gasteiger partial charge in [0.15, 0.2) is 0 Å². The summed E-state index contributed by atoms with van der Waals surface area (Å²) in [7, 11) is -4.08. The maximum atomic E-state index is 14.6. The summed E-state index contributed by atoms with van der Waals surface area (Å²) >= 11 is 0. The zero-order valence-corrected chi connectivity index (χ0v) is 24.7. The Hall–Kier alpha value is -5.46. The number of aromatic nitrogens is 1. The van der Waals surface area contributed by atoms with Crippen LogP contribution in [0.1, 0.15) is 15.9 Å². The fourth-order valence-electron chi connectivity index (χ4n) is 5.75. The number of hydrogen-bond donors (Lipinski definition) is 0. The van der Waals surface area contributed by atoms with Crippen LogP contribution in [-0.4, -0.2) is 18.4 Å². The molecule has 0 saturated heterocycles. The number of aryl methyl sites for hydroxylation is 1. The third-order valence-electron chi connectivity index (χ3n) is 7.79. The van der Waals surface area contributed by atoms with E-state index in [1.54, 1.807) is 54.6 Å². The van der Waals surface area contributed by atoms with Crippen molar-refractivity contribution >= 4 is 37.7 Å². The third-order valence-corrected chi connectivity index (χ3v) is 9.52. The van der Waals surface area contributed by atoms with Crippen LogP contribution in [0.15, 0.2) is 150 Å². The normalized spacial score (nSPS) is 11.6. The molecule has 0 N–H and O–H groups in total. The summed E-state index contributed by atoms with van der Waals surface area (Å²) < 4.78 is 36.5. The molecular formula is C38H27NO4S. The van der Waals surface area contributed by atoms with Gasteiger partial charge in [-0.25, -0.2) is 17.2 Å². The van der Waals surface area contributed by atoms with Crippen molar-refractivity contribution in [2.75, 3.05) is 0 Å². The number of fused-ring (bicyclic) bond motifs is 2. The molecule has 0 spiro atoms. The van der Waals surface area contributed by atoms with Crippen molar-refractivity contribution in [2.45, 2.75) is 11.8 Å². The Bertz CT molecular complexity index is 2270. The van der Waals surface area contributed by atoms with Crippen LogP contribution in [0.4, 0.5) is 0 Å². The zero-order chi connectivity index (χ0) is 30.3. The van der Waals surface area contributed by atoms with Gasteiger partial charge in [-0.1, -0.05) is 115 Å². The summed E-state index contributed by atoms with van der Waals surface area (Å²) in [5.41, 5.74) is 4.22. The topological polar surface area (TPSA) is 65.4 Å². The molecular weight excluding hydrogens is 566 g/mol. The average Bonchev–Trinajstić information content (AvgIpc) is 3.41. The average molecular weight is 594 g/mol. The smallest absolute Gasteiger partial charge is 0.344 e. The van der Waals surface area contributed by atoms with Crippen molar-refractivity contribution in [1.82, 2.24) is 3.97 Å². The van der Waals surface area contributed by atoms with E-state index in [0.29, 0.717) is 44.6 Å². The van der Waals surface area contributed by atoms with Crippen LogP contribution in [0.2, 0.25) is 0 Å². The van der Waals surface area contributed by atoms with Crippen LogP contribution in [0, 0.1) is 6.92 Å². The standard InChI is InChI=1S/C38H27NO4S/c1-26-20-23-30(24-21-26)44(41,42)39-34-19-11-10-18-32(34)36(37(39)28-13-4-2-5-14-28)35-31-17-9-8-12-27(31)22-25-33(35)38(40)43-29-15-6-3-7-16-29/h2-25H,1H3. The van der Waals surface area contributed by atoms with E-state index in [0.717, 1.165) is 16.3 Å². The van der Waals surface area contributed by atoms with Gasteiger partial charge in [-0.15, -0.1) is 0 Å². The Morgan fingerprint density at radius 2 is 1.23 bits per heavy atom. The Labute approximate surface area is 255 Å². The van der Waals surface area contributed by atoms with Crippen LogP contribution in [0.3, 0.4) is 0 Å². The summed E-state index contributed by atoms with van der Waals surface area (Å²) in [6.45, 7) is 1.92. The molecule has 0 radical (unpaired) electrons. The molecule has 0 aliphatic rings. The Balaban J connectivity index is 1.62. The van der Waals surface area contributed by atoms with Crippen molar-refractivity contribution in [2.24, 2.45) is 0 Å². The van der Waals surface area contributed by atoms with Gasteiger partial charge in [0.05, 0.1) is 21.7 Å². The highest BCUT2D eigenvalue weighted by atomic mass is 32.2. The summed E-state index contributed by atoms with van der Waals surface area (Å²) in [6, 6.07) is 44.1. The monoisotopic (exact) mass is 593 g/mol. The number of hydrogen-bond acceptors (Lipinski definition) is 4. The number of esters is 1. The first-order valence-electron chi connectivity index (χ1n) is 14.2. The number of rotatable bonds is 6. The highest BCUT2D eigenvalue weighted by molar-refractivity contribution is 7.90. The van der Waals surface area contributed by atoms with Crippen LogP contribution in [0.5, 0.6) is 5.75 Å². The SMILES string of the molecule is Cc1ccc(S(=O)(=O)n2c(-c3ccccc3)c(-c3c(C(=O)Oc4ccccc4)ccc4ccccc34)c3ccccc32)cc1. The fraction of sp³-hybridized carbons (Fsp3) is 0.0263. The van der Waals surface area contributed by atoms with Crippen LogP contribution in [0.25, 0.3) is 44.1 Å². The van der Waals surface area contributed by atoms with Crippen molar-refractivity contribution in [3.63, 3.8) is 0 Å². The molecule has 0 bridgehead atoms. The first-order chi connectivity index (χ1) is 21.4. The van der Waals surface area contributed by atoms with E-state index in [2.05, 4.69) is 0 Å². The summed E-state index contributed by atoms with van der Waals surface area (Å²) in [4.78, 5) is 14.1. The summed E-state index contributed by atoms with van der Waals surface area (Å²) in [5.74, 6) is -0.113. The molecule has 6 heteroatoms. The number of carbonyl (C=O) groups excluding carboxylic acids is 1. The first kappa shape index (κ1) is 27.4. The summed E-state index contributed by atoms with van der Waals surface area (Å²) in [6.07, 6.45) is 0. The summed E-state index contributed by atoms with van der Waals surface area (Å²) in [5, 5.41) is 2.42. The highest BCUT2D eigenvalue weighted by Crippen LogP contribution is 2.46. The highest BCUT2D eigenvalue weighted by Gasteiger charge is 2.31. The second-order valence-electron chi connectivity index (χ2n) is 10.6. The molecule has 214 valence electrons. The van der Waals surface area contributed by atoms with E-state index in [-0.39, 0.29) is 4.90 Å². The molecule has 5 nitrogen and oxygen atoms in total. The van der Waals surface area contributed by atoms with Gasteiger partial charge < -0.3 is 4.74 Å². The maximum absolute atomic E-state index is 14.6. The molecule has 0 fully saturated rings. The van der Waals surface area contributed by atoms with E-state index >= 15 is 0 Å². The molecule has 1 aromatic heterocycles. The van der Waals surface area contributed by atoms with Crippen LogP contribution >= 0.6 is 0 Å². The van der Waals surface area contributed by atoms with Gasteiger partial charge in [-0.3, -0.25) is 0 Å². The molecule has 0 unspecified atom stereocenters. The van der Waals surface area contributed by atoms with Crippen LogP contribution in [-0.2, 0) is 10.0 Å². The minimum absolute atomic E-state index is 0.175. The van der Waals surface area contributed by atoms with E-state index in [1.807, 2.05) is 97.9 Å². The number of ether oxygens (including phenoxy) is 1. The quantitative estimate of drug-likeness (QED) is 0.143. The molecule has 0 saturated carbocycles. The molecule has 1 heterocycles. The van der Waals surface area contributed by atoms with E-state index in [4.69, 9.17) is 4.74 Å². The minimum Gasteiger partial charge on any atom is -0.423 e. The van der Waals surface area contributed by atoms with Gasteiger partial charge in [0.25, 0.3) is 10.0 Å². The van der Waals surface area contributed by atoms with Gasteiger partial charge in [-0.05, 0) is 59.7 Å². The number of benzene rings is 6. The van der Waals surface area contributed by atoms with Crippen molar-refractivity contribution in [1.29, 1.82) is 0 Å². The predicted octanol–water partition coefficient (Wildman–Crippen LogP) is 8.89. The van der Waals surface area contributed by atoms with Crippen LogP contribution < -0.4 is 4.74 Å². The molecule has 7 aromatic rings. The lowest BCUT2D eigenvalue weighted by Gasteiger charge is -2.17. The number of nitrogens with zero attached hydrogens (tertiary/aromatic N) is 1. The van der Waals surface area contributed by atoms with Crippen molar-refractivity contribution < 1.29 is 17.9 Å². The van der Waals surface area contributed by atoms with Crippen molar-refractivity contribution in [3.8, 4) is 28.1 Å². The lowest BCUT2D eigenvalue weighted by molar-refractivity contribution is 0.0735. The van der Waals surface area contributed by atoms with Gasteiger partial charge >= 0.3 is 5.97 Å². The van der Waals surface area contributed by atoms with Gasteiger partial charge in [-0.2, -0.15) is 0 Å². The van der Waals surface area contributed by atoms with Gasteiger partial charge in [0, 0.05) is 16.5 Å². The molecule has 7 rings (SSSR count). The molecule has 0 amide bonds. The molecule has 0 atom stereocenters. The molecule has 6 aromatic carbocycles. The minimum atomic E-state index is -4.08. The Morgan fingerprint density at radius 1 is 0.614 bits per heavy atom. The Kier molecular flexibility index (Phi) is 6.84. The molecule has 0 aliphatic heterocycles. The molecule has 0 aliphatic carbocycles. The van der Waals surface area contributed by atoms with Crippen molar-refractivity contribution in [3.05, 3.63) is 157 Å². The zero-order valence-electron chi connectivity index (χ0n) is 23.8. The predicted molar refractivity (Wildman–Crippen MR) is 175 cm³/mol. The van der Waals surface area contributed by atoms with Gasteiger partial charge in [0.1, 0.15) is 5.75 Å². The second kappa shape index (κ2) is 11.0. The first-order valence-corrected chi connectivity index (χ1v) is 15.7. The number of para-hydroxylation sites is 2. The number of carbonyl (C=O) groups is 1. The maximum Gasteiger partial charge on any atom is 0.344 e. The van der Waals surface area contributed by atoms with E-state index < -0.39 is 16.0 Å². The largest absolute Gasteiger partial charge is 0.423 e. The lowest BCUT2D eigenvalue weighted by Crippen LogP contribution is -2.15. The second-order valence-corrected chi connectivity index (χ2v) is 12.4. The fourth-order valence-corrected chi connectivity index (χ4v) is 7.30.